The average molecular weight is 398 g/mol. The highest BCUT2D eigenvalue weighted by atomic mass is 35.5. The first-order valence-corrected chi connectivity index (χ1v) is 10.9. The Morgan fingerprint density at radius 1 is 1.11 bits per heavy atom. The number of hydrogen-bond acceptors (Lipinski definition) is 3. The molecule has 0 saturated carbocycles. The molecule has 0 bridgehead atoms. The van der Waals surface area contributed by atoms with Crippen LogP contribution in [0.15, 0.2) is 24.3 Å². The van der Waals surface area contributed by atoms with Crippen molar-refractivity contribution in [1.82, 2.24) is 4.90 Å². The summed E-state index contributed by atoms with van der Waals surface area (Å²) < 4.78 is 0. The molecular weight excluding hydrogens is 366 g/mol. The number of nitrogens with zero attached hydrogens (tertiary/aromatic N) is 3. The van der Waals surface area contributed by atoms with E-state index >= 15 is 0 Å². The van der Waals surface area contributed by atoms with Crippen molar-refractivity contribution in [2.45, 2.75) is 39.7 Å². The van der Waals surface area contributed by atoms with Gasteiger partial charge in [-0.3, -0.25) is 0 Å². The first-order chi connectivity index (χ1) is 13.4. The van der Waals surface area contributed by atoms with Crippen LogP contribution in [0.25, 0.3) is 11.1 Å². The summed E-state index contributed by atoms with van der Waals surface area (Å²) >= 11 is 6.19. The number of hydrogen-bond donors (Lipinski definition) is 0. The van der Waals surface area contributed by atoms with Gasteiger partial charge in [-0.1, -0.05) is 30.7 Å². The lowest BCUT2D eigenvalue weighted by Gasteiger charge is -2.41. The summed E-state index contributed by atoms with van der Waals surface area (Å²) in [4.78, 5) is 7.57. The maximum absolute atomic E-state index is 6.19. The third-order valence-corrected chi connectivity index (χ3v) is 6.72. The quantitative estimate of drug-likeness (QED) is 0.702. The topological polar surface area (TPSA) is 9.72 Å². The van der Waals surface area contributed by atoms with Gasteiger partial charge in [0.15, 0.2) is 0 Å². The van der Waals surface area contributed by atoms with Gasteiger partial charge in [0.2, 0.25) is 0 Å². The van der Waals surface area contributed by atoms with Gasteiger partial charge in [-0.2, -0.15) is 0 Å². The molecule has 0 radical (unpaired) electrons. The molecule has 2 aliphatic heterocycles. The highest BCUT2D eigenvalue weighted by molar-refractivity contribution is 6.30. The standard InChI is InChI=1S/C24H32ClN3/c1-6-20-17(3)23-24-21(22(20)18-7-9-19(25)10-8-18)15-16(2)28(24)14-13-27(23)12-11-26(4)5/h7-10,16H,6,11-15H2,1-5H3. The lowest BCUT2D eigenvalue weighted by Crippen LogP contribution is -2.45. The van der Waals surface area contributed by atoms with Gasteiger partial charge in [0.1, 0.15) is 0 Å². The average Bonchev–Trinajstić information content (AvgIpc) is 3.00. The number of anilines is 2. The van der Waals surface area contributed by atoms with E-state index in [1.165, 1.54) is 33.6 Å². The molecule has 2 aromatic rings. The van der Waals surface area contributed by atoms with Crippen molar-refractivity contribution in [3.05, 3.63) is 46.0 Å². The maximum Gasteiger partial charge on any atom is 0.0649 e. The first-order valence-electron chi connectivity index (χ1n) is 10.5. The van der Waals surface area contributed by atoms with E-state index in [-0.39, 0.29) is 0 Å². The van der Waals surface area contributed by atoms with E-state index in [0.717, 1.165) is 44.0 Å². The molecule has 0 spiro atoms. The highest BCUT2D eigenvalue weighted by Crippen LogP contribution is 2.51. The molecule has 28 heavy (non-hydrogen) atoms. The Bertz CT molecular complexity index is 873. The van der Waals surface area contributed by atoms with Crippen LogP contribution in [0.3, 0.4) is 0 Å². The van der Waals surface area contributed by atoms with Crippen molar-refractivity contribution < 1.29 is 0 Å². The molecule has 1 atom stereocenters. The molecular formula is C24H32ClN3. The number of benzene rings is 2. The van der Waals surface area contributed by atoms with Crippen LogP contribution in [0, 0.1) is 6.92 Å². The minimum Gasteiger partial charge on any atom is -0.367 e. The third-order valence-electron chi connectivity index (χ3n) is 6.47. The molecule has 4 heteroatoms. The summed E-state index contributed by atoms with van der Waals surface area (Å²) in [6, 6.07) is 9.01. The second-order valence-electron chi connectivity index (χ2n) is 8.55. The lowest BCUT2D eigenvalue weighted by atomic mass is 9.86. The van der Waals surface area contributed by atoms with Crippen molar-refractivity contribution in [2.24, 2.45) is 0 Å². The van der Waals surface area contributed by atoms with Crippen molar-refractivity contribution >= 4 is 23.0 Å². The van der Waals surface area contributed by atoms with Gasteiger partial charge < -0.3 is 14.7 Å². The molecule has 4 rings (SSSR count). The van der Waals surface area contributed by atoms with Gasteiger partial charge in [-0.05, 0) is 80.7 Å². The van der Waals surface area contributed by atoms with Gasteiger partial charge in [-0.15, -0.1) is 0 Å². The number of likely N-dealkylation sites (N-methyl/N-ethyl adjacent to an activating group) is 1. The fraction of sp³-hybridized carbons (Fsp3) is 0.500. The van der Waals surface area contributed by atoms with Crippen LogP contribution in [0.5, 0.6) is 0 Å². The monoisotopic (exact) mass is 397 g/mol. The van der Waals surface area contributed by atoms with Gasteiger partial charge in [-0.25, -0.2) is 0 Å². The third kappa shape index (κ3) is 3.19. The Kier molecular flexibility index (Phi) is 5.32. The van der Waals surface area contributed by atoms with E-state index < -0.39 is 0 Å². The van der Waals surface area contributed by atoms with E-state index in [1.54, 1.807) is 5.56 Å². The Labute approximate surface area is 174 Å². The largest absolute Gasteiger partial charge is 0.367 e. The highest BCUT2D eigenvalue weighted by Gasteiger charge is 2.38. The van der Waals surface area contributed by atoms with Crippen LogP contribution in [0.4, 0.5) is 11.4 Å². The van der Waals surface area contributed by atoms with Crippen molar-refractivity contribution in [2.75, 3.05) is 50.1 Å². The maximum atomic E-state index is 6.19. The van der Waals surface area contributed by atoms with Crippen LogP contribution in [-0.2, 0) is 12.8 Å². The van der Waals surface area contributed by atoms with Gasteiger partial charge in [0.05, 0.1) is 11.4 Å². The molecule has 2 aliphatic rings. The summed E-state index contributed by atoms with van der Waals surface area (Å²) in [7, 11) is 4.33. The summed E-state index contributed by atoms with van der Waals surface area (Å²) in [5.41, 5.74) is 10.3. The van der Waals surface area contributed by atoms with Crippen molar-refractivity contribution in [3.63, 3.8) is 0 Å². The van der Waals surface area contributed by atoms with E-state index in [0.29, 0.717) is 6.04 Å². The molecule has 0 fully saturated rings. The smallest absolute Gasteiger partial charge is 0.0649 e. The molecule has 0 saturated heterocycles. The van der Waals surface area contributed by atoms with Crippen LogP contribution >= 0.6 is 11.6 Å². The summed E-state index contributed by atoms with van der Waals surface area (Å²) in [5.74, 6) is 0. The molecule has 0 N–H and O–H groups in total. The van der Waals surface area contributed by atoms with E-state index in [1.807, 2.05) is 12.1 Å². The molecule has 2 aromatic carbocycles. The Morgan fingerprint density at radius 3 is 2.46 bits per heavy atom. The molecule has 0 aliphatic carbocycles. The van der Waals surface area contributed by atoms with Crippen LogP contribution in [0.2, 0.25) is 5.02 Å². The predicted octanol–water partition coefficient (Wildman–Crippen LogP) is 5.01. The van der Waals surface area contributed by atoms with E-state index in [4.69, 9.17) is 11.6 Å². The number of rotatable bonds is 5. The minimum atomic E-state index is 0.572. The summed E-state index contributed by atoms with van der Waals surface area (Å²) in [6.07, 6.45) is 2.19. The van der Waals surface area contributed by atoms with E-state index in [2.05, 4.69) is 61.7 Å². The Morgan fingerprint density at radius 2 is 1.82 bits per heavy atom. The molecule has 0 aromatic heterocycles. The summed E-state index contributed by atoms with van der Waals surface area (Å²) in [6.45, 7) is 11.4. The SMILES string of the molecule is CCc1c(C)c2c3c(c1-c1ccc(Cl)cc1)CC(C)N3CCN2CCN(C)C. The van der Waals surface area contributed by atoms with Crippen molar-refractivity contribution in [3.8, 4) is 11.1 Å². The molecule has 2 heterocycles. The molecule has 1 unspecified atom stereocenters. The van der Waals surface area contributed by atoms with Crippen molar-refractivity contribution in [1.29, 1.82) is 0 Å². The Hall–Kier alpha value is -1.71. The second-order valence-corrected chi connectivity index (χ2v) is 8.99. The second kappa shape index (κ2) is 7.61. The number of halogens is 1. The van der Waals surface area contributed by atoms with Crippen LogP contribution in [0.1, 0.15) is 30.5 Å². The van der Waals surface area contributed by atoms with Crippen LogP contribution < -0.4 is 9.80 Å². The fourth-order valence-corrected chi connectivity index (χ4v) is 5.22. The van der Waals surface area contributed by atoms with Gasteiger partial charge in [0.25, 0.3) is 0 Å². The first kappa shape index (κ1) is 19.6. The molecule has 0 amide bonds. The molecule has 150 valence electrons. The van der Waals surface area contributed by atoms with Crippen LogP contribution in [-0.4, -0.2) is 51.2 Å². The Balaban J connectivity index is 1.92. The lowest BCUT2D eigenvalue weighted by molar-refractivity contribution is 0.412. The molecule has 3 nitrogen and oxygen atoms in total. The van der Waals surface area contributed by atoms with Gasteiger partial charge in [0, 0.05) is 37.2 Å². The zero-order valence-electron chi connectivity index (χ0n) is 17.8. The fourth-order valence-electron chi connectivity index (χ4n) is 5.10. The zero-order chi connectivity index (χ0) is 20.0. The zero-order valence-corrected chi connectivity index (χ0v) is 18.6. The normalized spacial score (nSPS) is 18.2. The van der Waals surface area contributed by atoms with E-state index in [9.17, 15) is 0 Å². The van der Waals surface area contributed by atoms with Gasteiger partial charge >= 0.3 is 0 Å². The minimum absolute atomic E-state index is 0.572. The predicted molar refractivity (Wildman–Crippen MR) is 122 cm³/mol. The summed E-state index contributed by atoms with van der Waals surface area (Å²) in [5, 5.41) is 0.803.